The fraction of sp³-hybridized carbons (Fsp3) is 0.300. The van der Waals surface area contributed by atoms with Gasteiger partial charge in [0.2, 0.25) is 0 Å². The summed E-state index contributed by atoms with van der Waals surface area (Å²) in [6, 6.07) is 0.243. The zero-order valence-electron chi connectivity index (χ0n) is 8.76. The summed E-state index contributed by atoms with van der Waals surface area (Å²) in [6.07, 6.45) is 2.60. The van der Waals surface area contributed by atoms with Crippen LogP contribution in [0, 0.1) is 0 Å². The van der Waals surface area contributed by atoms with Gasteiger partial charge in [0.05, 0.1) is 10.6 Å². The Balaban J connectivity index is 2.77. The number of nitrogens with zero attached hydrogens (tertiary/aromatic N) is 1. The SMILES string of the molecule is O=C(N[C@H](CCO)C(=O)O)c1ccncc1Cl. The van der Waals surface area contributed by atoms with E-state index < -0.39 is 17.9 Å². The number of aromatic nitrogens is 1. The van der Waals surface area contributed by atoms with E-state index in [-0.39, 0.29) is 23.6 Å². The second-order valence-electron chi connectivity index (χ2n) is 3.23. The van der Waals surface area contributed by atoms with Gasteiger partial charge in [-0.15, -0.1) is 0 Å². The van der Waals surface area contributed by atoms with Crippen LogP contribution in [0.25, 0.3) is 0 Å². The molecule has 7 heteroatoms. The van der Waals surface area contributed by atoms with Crippen molar-refractivity contribution in [2.75, 3.05) is 6.61 Å². The summed E-state index contributed by atoms with van der Waals surface area (Å²) in [4.78, 5) is 26.2. The third kappa shape index (κ3) is 3.69. The third-order valence-corrected chi connectivity index (χ3v) is 2.34. The molecule has 0 spiro atoms. The van der Waals surface area contributed by atoms with Crippen LogP contribution < -0.4 is 5.32 Å². The van der Waals surface area contributed by atoms with Crippen molar-refractivity contribution in [3.63, 3.8) is 0 Å². The molecule has 0 aliphatic carbocycles. The molecule has 1 aromatic heterocycles. The zero-order valence-corrected chi connectivity index (χ0v) is 9.52. The van der Waals surface area contributed by atoms with Crippen LogP contribution >= 0.6 is 11.6 Å². The van der Waals surface area contributed by atoms with Gasteiger partial charge in [0.1, 0.15) is 6.04 Å². The molecule has 1 heterocycles. The van der Waals surface area contributed by atoms with Crippen LogP contribution in [0.1, 0.15) is 16.8 Å². The maximum Gasteiger partial charge on any atom is 0.326 e. The van der Waals surface area contributed by atoms with E-state index in [0.717, 1.165) is 0 Å². The number of carbonyl (C=O) groups is 2. The fourth-order valence-corrected chi connectivity index (χ4v) is 1.39. The van der Waals surface area contributed by atoms with E-state index in [9.17, 15) is 9.59 Å². The zero-order chi connectivity index (χ0) is 12.8. The van der Waals surface area contributed by atoms with Crippen LogP contribution in [0.4, 0.5) is 0 Å². The molecular formula is C10H11ClN2O4. The predicted octanol–water partition coefficient (Wildman–Crippen LogP) is 0.300. The summed E-state index contributed by atoms with van der Waals surface area (Å²) in [6.45, 7) is -0.332. The van der Waals surface area contributed by atoms with Crippen molar-refractivity contribution in [1.82, 2.24) is 10.3 Å². The quantitative estimate of drug-likeness (QED) is 0.705. The lowest BCUT2D eigenvalue weighted by molar-refractivity contribution is -0.139. The normalized spacial score (nSPS) is 11.9. The topological polar surface area (TPSA) is 99.5 Å². The molecule has 0 fully saturated rings. The van der Waals surface area contributed by atoms with Crippen LogP contribution in [-0.4, -0.2) is 39.7 Å². The number of aliphatic hydroxyl groups excluding tert-OH is 1. The van der Waals surface area contributed by atoms with E-state index in [1.165, 1.54) is 18.5 Å². The molecule has 92 valence electrons. The molecule has 0 aromatic carbocycles. The Morgan fingerprint density at radius 1 is 1.53 bits per heavy atom. The van der Waals surface area contributed by atoms with Gasteiger partial charge in [0.15, 0.2) is 0 Å². The number of nitrogens with one attached hydrogen (secondary N) is 1. The first-order valence-corrected chi connectivity index (χ1v) is 5.18. The van der Waals surface area contributed by atoms with Crippen molar-refractivity contribution in [3.8, 4) is 0 Å². The average Bonchev–Trinajstić information content (AvgIpc) is 2.28. The summed E-state index contributed by atoms with van der Waals surface area (Å²) in [5.41, 5.74) is 0.144. The molecule has 0 bridgehead atoms. The maximum atomic E-state index is 11.7. The number of aliphatic carboxylic acids is 1. The van der Waals surface area contributed by atoms with Gasteiger partial charge in [-0.05, 0) is 6.07 Å². The minimum Gasteiger partial charge on any atom is -0.480 e. The van der Waals surface area contributed by atoms with Crippen molar-refractivity contribution >= 4 is 23.5 Å². The van der Waals surface area contributed by atoms with Gasteiger partial charge in [0.25, 0.3) is 5.91 Å². The second kappa shape index (κ2) is 6.17. The van der Waals surface area contributed by atoms with E-state index in [1.54, 1.807) is 0 Å². The molecule has 0 aliphatic heterocycles. The Hall–Kier alpha value is -1.66. The van der Waals surface area contributed by atoms with E-state index in [2.05, 4.69) is 10.3 Å². The van der Waals surface area contributed by atoms with Gasteiger partial charge >= 0.3 is 5.97 Å². The molecule has 0 aliphatic rings. The standard InChI is InChI=1S/C10H11ClN2O4/c11-7-5-12-3-1-6(7)9(15)13-8(2-4-14)10(16)17/h1,3,5,8,14H,2,4H2,(H,13,15)(H,16,17)/t8-/m1/s1. The number of aliphatic hydroxyl groups is 1. The number of pyridine rings is 1. The highest BCUT2D eigenvalue weighted by molar-refractivity contribution is 6.33. The lowest BCUT2D eigenvalue weighted by atomic mass is 10.2. The first-order chi connectivity index (χ1) is 8.06. The number of carboxylic acids is 1. The Labute approximate surface area is 102 Å². The monoisotopic (exact) mass is 258 g/mol. The number of rotatable bonds is 5. The molecule has 0 radical (unpaired) electrons. The molecule has 3 N–H and O–H groups in total. The molecule has 1 atom stereocenters. The number of hydrogen-bond acceptors (Lipinski definition) is 4. The van der Waals surface area contributed by atoms with Gasteiger partial charge in [-0.25, -0.2) is 4.79 Å². The third-order valence-electron chi connectivity index (χ3n) is 2.04. The number of carboxylic acid groups (broad SMARTS) is 1. The first kappa shape index (κ1) is 13.4. The molecule has 17 heavy (non-hydrogen) atoms. The number of halogens is 1. The fourth-order valence-electron chi connectivity index (χ4n) is 1.18. The molecule has 1 aromatic rings. The van der Waals surface area contributed by atoms with Crippen molar-refractivity contribution in [1.29, 1.82) is 0 Å². The summed E-state index contributed by atoms with van der Waals surface area (Å²) in [7, 11) is 0. The number of hydrogen-bond donors (Lipinski definition) is 3. The van der Waals surface area contributed by atoms with Crippen molar-refractivity contribution in [2.45, 2.75) is 12.5 Å². The van der Waals surface area contributed by atoms with Crippen LogP contribution in [0.15, 0.2) is 18.5 Å². The summed E-state index contributed by atoms with van der Waals surface area (Å²) in [5.74, 6) is -1.82. The Morgan fingerprint density at radius 2 is 2.24 bits per heavy atom. The van der Waals surface area contributed by atoms with Gasteiger partial charge in [-0.3, -0.25) is 9.78 Å². The van der Waals surface area contributed by atoms with Gasteiger partial charge in [0, 0.05) is 25.4 Å². The average molecular weight is 259 g/mol. The summed E-state index contributed by atoms with van der Waals surface area (Å²) < 4.78 is 0. The molecule has 1 rings (SSSR count). The van der Waals surface area contributed by atoms with E-state index >= 15 is 0 Å². The number of carbonyl (C=O) groups excluding carboxylic acids is 1. The van der Waals surface area contributed by atoms with Crippen molar-refractivity contribution in [3.05, 3.63) is 29.0 Å². The largest absolute Gasteiger partial charge is 0.480 e. The summed E-state index contributed by atoms with van der Waals surface area (Å²) >= 11 is 5.74. The highest BCUT2D eigenvalue weighted by atomic mass is 35.5. The summed E-state index contributed by atoms with van der Waals surface area (Å²) in [5, 5.41) is 19.9. The van der Waals surface area contributed by atoms with E-state index in [1.807, 2.05) is 0 Å². The first-order valence-electron chi connectivity index (χ1n) is 4.80. The minimum absolute atomic E-state index is 0.0657. The van der Waals surface area contributed by atoms with Crippen molar-refractivity contribution < 1.29 is 19.8 Å². The van der Waals surface area contributed by atoms with Crippen LogP contribution in [0.2, 0.25) is 5.02 Å². The van der Waals surface area contributed by atoms with E-state index in [0.29, 0.717) is 0 Å². The molecule has 0 saturated carbocycles. The van der Waals surface area contributed by atoms with Crippen LogP contribution in [0.3, 0.4) is 0 Å². The van der Waals surface area contributed by atoms with Crippen LogP contribution in [0.5, 0.6) is 0 Å². The maximum absolute atomic E-state index is 11.7. The van der Waals surface area contributed by atoms with Crippen LogP contribution in [-0.2, 0) is 4.79 Å². The second-order valence-corrected chi connectivity index (χ2v) is 3.64. The highest BCUT2D eigenvalue weighted by Gasteiger charge is 2.21. The highest BCUT2D eigenvalue weighted by Crippen LogP contribution is 2.13. The Kier molecular flexibility index (Phi) is 4.86. The molecular weight excluding hydrogens is 248 g/mol. The molecule has 6 nitrogen and oxygen atoms in total. The number of amides is 1. The van der Waals surface area contributed by atoms with E-state index in [4.69, 9.17) is 21.8 Å². The smallest absolute Gasteiger partial charge is 0.326 e. The lowest BCUT2D eigenvalue weighted by Gasteiger charge is -2.13. The Morgan fingerprint density at radius 3 is 2.76 bits per heavy atom. The van der Waals surface area contributed by atoms with Crippen molar-refractivity contribution in [2.24, 2.45) is 0 Å². The van der Waals surface area contributed by atoms with Gasteiger partial charge in [-0.1, -0.05) is 11.6 Å². The lowest BCUT2D eigenvalue weighted by Crippen LogP contribution is -2.41. The molecule has 0 unspecified atom stereocenters. The minimum atomic E-state index is -1.21. The Bertz CT molecular complexity index is 425. The molecule has 0 saturated heterocycles. The van der Waals surface area contributed by atoms with Gasteiger partial charge < -0.3 is 15.5 Å². The molecule has 1 amide bonds. The predicted molar refractivity (Wildman–Crippen MR) is 59.8 cm³/mol. The van der Waals surface area contributed by atoms with Gasteiger partial charge in [-0.2, -0.15) is 0 Å².